The van der Waals surface area contributed by atoms with Crippen molar-refractivity contribution >= 4 is 5.91 Å². The van der Waals surface area contributed by atoms with Crippen LogP contribution in [0.4, 0.5) is 0 Å². The second-order valence-corrected chi connectivity index (χ2v) is 9.74. The van der Waals surface area contributed by atoms with Crippen LogP contribution in [0.1, 0.15) is 62.6 Å². The lowest BCUT2D eigenvalue weighted by molar-refractivity contribution is -0.123. The van der Waals surface area contributed by atoms with Crippen LogP contribution in [0.15, 0.2) is 42.5 Å². The molecule has 5 nitrogen and oxygen atoms in total. The van der Waals surface area contributed by atoms with Crippen LogP contribution >= 0.6 is 0 Å². The molecule has 1 saturated heterocycles. The minimum absolute atomic E-state index is 0.0380. The Labute approximate surface area is 192 Å². The van der Waals surface area contributed by atoms with Crippen LogP contribution in [0.2, 0.25) is 0 Å². The first-order chi connectivity index (χ1) is 15.2. The van der Waals surface area contributed by atoms with Gasteiger partial charge in [0.1, 0.15) is 11.5 Å². The zero-order valence-electron chi connectivity index (χ0n) is 19.8. The van der Waals surface area contributed by atoms with E-state index in [2.05, 4.69) is 37.1 Å². The van der Waals surface area contributed by atoms with Crippen molar-refractivity contribution in [2.24, 2.45) is 11.8 Å². The number of hydrogen-bond acceptors (Lipinski definition) is 4. The number of likely N-dealkylation sites (tertiary alicyclic amines) is 1. The summed E-state index contributed by atoms with van der Waals surface area (Å²) in [5.41, 5.74) is 3.28. The molecule has 1 unspecified atom stereocenters. The lowest BCUT2D eigenvalue weighted by Crippen LogP contribution is -2.53. The van der Waals surface area contributed by atoms with Gasteiger partial charge in [-0.25, -0.2) is 0 Å². The molecule has 1 amide bonds. The molecule has 3 atom stereocenters. The van der Waals surface area contributed by atoms with Gasteiger partial charge in [0.15, 0.2) is 0 Å². The largest absolute Gasteiger partial charge is 0.508 e. The normalized spacial score (nSPS) is 20.3. The highest BCUT2D eigenvalue weighted by Gasteiger charge is 2.32. The maximum Gasteiger partial charge on any atom is 0.221 e. The summed E-state index contributed by atoms with van der Waals surface area (Å²) in [7, 11) is 0. The van der Waals surface area contributed by atoms with Crippen molar-refractivity contribution in [3.8, 4) is 11.5 Å². The molecule has 1 aliphatic heterocycles. The number of nitrogens with one attached hydrogen (secondary N) is 1. The van der Waals surface area contributed by atoms with Gasteiger partial charge in [-0.15, -0.1) is 0 Å². The molecule has 0 aromatic heterocycles. The number of phenolic OH excluding ortho intramolecular Hbond substituents is 2. The lowest BCUT2D eigenvalue weighted by atomic mass is 9.79. The summed E-state index contributed by atoms with van der Waals surface area (Å²) in [6.07, 6.45) is 3.08. The fraction of sp³-hybridized carbons (Fsp3) is 0.519. The number of carbonyl (C=O) groups excluding carboxylic acids is 1. The molecule has 1 heterocycles. The van der Waals surface area contributed by atoms with E-state index in [1.165, 1.54) is 5.56 Å². The van der Waals surface area contributed by atoms with Crippen LogP contribution in [0.5, 0.6) is 11.5 Å². The molecule has 174 valence electrons. The lowest BCUT2D eigenvalue weighted by Gasteiger charge is -2.42. The Hall–Kier alpha value is -2.53. The van der Waals surface area contributed by atoms with Gasteiger partial charge in [0.2, 0.25) is 5.91 Å². The second-order valence-electron chi connectivity index (χ2n) is 9.74. The Morgan fingerprint density at radius 1 is 1.16 bits per heavy atom. The number of aryl methyl sites for hydroxylation is 1. The Balaban J connectivity index is 1.61. The molecule has 3 rings (SSSR count). The summed E-state index contributed by atoms with van der Waals surface area (Å²) < 4.78 is 0. The molecule has 0 aliphatic carbocycles. The van der Waals surface area contributed by atoms with Crippen molar-refractivity contribution in [2.75, 3.05) is 13.1 Å². The first-order valence-electron chi connectivity index (χ1n) is 11.8. The van der Waals surface area contributed by atoms with Crippen LogP contribution < -0.4 is 5.32 Å². The molecule has 2 aromatic carbocycles. The summed E-state index contributed by atoms with van der Waals surface area (Å²) in [5, 5.41) is 22.8. The molecule has 0 saturated carbocycles. The summed E-state index contributed by atoms with van der Waals surface area (Å²) in [5.74, 6) is 2.03. The van der Waals surface area contributed by atoms with E-state index in [1.54, 1.807) is 18.2 Å². The van der Waals surface area contributed by atoms with E-state index < -0.39 is 0 Å². The topological polar surface area (TPSA) is 72.8 Å². The fourth-order valence-electron chi connectivity index (χ4n) is 4.89. The SMILES string of the molecule is Cc1c(O)cccc1[C@@H]1CCN(C(CC(C)C)NC(=O)CCc2ccc(O)cc2)C[C@@H]1C. The van der Waals surface area contributed by atoms with Gasteiger partial charge in [0.05, 0.1) is 6.17 Å². The molecule has 1 aliphatic rings. The van der Waals surface area contributed by atoms with E-state index in [0.717, 1.165) is 37.1 Å². The monoisotopic (exact) mass is 438 g/mol. The summed E-state index contributed by atoms with van der Waals surface area (Å²) in [4.78, 5) is 15.2. The van der Waals surface area contributed by atoms with Crippen molar-refractivity contribution in [1.82, 2.24) is 10.2 Å². The van der Waals surface area contributed by atoms with Crippen LogP contribution in [0, 0.1) is 18.8 Å². The van der Waals surface area contributed by atoms with Gasteiger partial charge in [-0.05, 0) is 78.8 Å². The van der Waals surface area contributed by atoms with Gasteiger partial charge in [-0.3, -0.25) is 9.69 Å². The van der Waals surface area contributed by atoms with Crippen LogP contribution in [-0.2, 0) is 11.2 Å². The standard InChI is InChI=1S/C27H38N2O3/c1-18(2)16-26(28-27(32)13-10-21-8-11-22(30)12-9-21)29-15-14-23(19(3)17-29)24-6-5-7-25(31)20(24)4/h5-9,11-12,18-19,23,26,30-31H,10,13-17H2,1-4H3,(H,28,32)/t19-,23+,26?/m0/s1. The van der Waals surface area contributed by atoms with E-state index in [4.69, 9.17) is 0 Å². The first kappa shape index (κ1) is 24.1. The van der Waals surface area contributed by atoms with Crippen molar-refractivity contribution in [1.29, 1.82) is 0 Å². The van der Waals surface area contributed by atoms with Crippen LogP contribution in [-0.4, -0.2) is 40.3 Å². The highest BCUT2D eigenvalue weighted by atomic mass is 16.3. The Morgan fingerprint density at radius 2 is 1.88 bits per heavy atom. The molecule has 2 aromatic rings. The first-order valence-corrected chi connectivity index (χ1v) is 11.8. The summed E-state index contributed by atoms with van der Waals surface area (Å²) in [6, 6.07) is 12.9. The fourth-order valence-corrected chi connectivity index (χ4v) is 4.89. The van der Waals surface area contributed by atoms with Gasteiger partial charge in [-0.2, -0.15) is 0 Å². The van der Waals surface area contributed by atoms with Crippen molar-refractivity contribution in [2.45, 2.75) is 65.5 Å². The predicted octanol–water partition coefficient (Wildman–Crippen LogP) is 4.95. The smallest absolute Gasteiger partial charge is 0.221 e. The number of amides is 1. The average molecular weight is 439 g/mol. The van der Waals surface area contributed by atoms with E-state index in [9.17, 15) is 15.0 Å². The number of aromatic hydroxyl groups is 2. The summed E-state index contributed by atoms with van der Waals surface area (Å²) in [6.45, 7) is 10.5. The van der Waals surface area contributed by atoms with Crippen molar-refractivity contribution < 1.29 is 15.0 Å². The van der Waals surface area contributed by atoms with Gasteiger partial charge < -0.3 is 15.5 Å². The molecule has 0 radical (unpaired) electrons. The molecule has 1 fully saturated rings. The number of hydrogen-bond donors (Lipinski definition) is 3. The van der Waals surface area contributed by atoms with Crippen molar-refractivity contribution in [3.63, 3.8) is 0 Å². The molecule has 0 bridgehead atoms. The van der Waals surface area contributed by atoms with E-state index in [0.29, 0.717) is 36.3 Å². The third-order valence-electron chi connectivity index (χ3n) is 6.72. The molecule has 5 heteroatoms. The summed E-state index contributed by atoms with van der Waals surface area (Å²) >= 11 is 0. The molecule has 32 heavy (non-hydrogen) atoms. The second kappa shape index (κ2) is 10.9. The third-order valence-corrected chi connectivity index (χ3v) is 6.72. The van der Waals surface area contributed by atoms with Crippen molar-refractivity contribution in [3.05, 3.63) is 59.2 Å². The number of nitrogens with zero attached hydrogens (tertiary/aromatic N) is 1. The van der Waals surface area contributed by atoms with Crippen LogP contribution in [0.25, 0.3) is 0 Å². The van der Waals surface area contributed by atoms with Crippen LogP contribution in [0.3, 0.4) is 0 Å². The minimum atomic E-state index is 0.0380. The number of carbonyl (C=O) groups is 1. The number of rotatable bonds is 8. The van der Waals surface area contributed by atoms with E-state index in [1.807, 2.05) is 25.1 Å². The zero-order valence-corrected chi connectivity index (χ0v) is 19.8. The highest BCUT2D eigenvalue weighted by molar-refractivity contribution is 5.76. The van der Waals surface area contributed by atoms with E-state index in [-0.39, 0.29) is 17.8 Å². The molecular formula is C27H38N2O3. The number of piperidine rings is 1. The third kappa shape index (κ3) is 6.26. The maximum absolute atomic E-state index is 12.8. The van der Waals surface area contributed by atoms with E-state index >= 15 is 0 Å². The molecule has 3 N–H and O–H groups in total. The highest BCUT2D eigenvalue weighted by Crippen LogP contribution is 2.37. The van der Waals surface area contributed by atoms with Gasteiger partial charge in [0, 0.05) is 19.5 Å². The quantitative estimate of drug-likeness (QED) is 0.545. The predicted molar refractivity (Wildman–Crippen MR) is 129 cm³/mol. The average Bonchev–Trinajstić information content (AvgIpc) is 2.75. The zero-order chi connectivity index (χ0) is 23.3. The maximum atomic E-state index is 12.8. The Bertz CT molecular complexity index is 894. The molecule has 0 spiro atoms. The Kier molecular flexibility index (Phi) is 8.19. The molecular weight excluding hydrogens is 400 g/mol. The minimum Gasteiger partial charge on any atom is -0.508 e. The van der Waals surface area contributed by atoms with Gasteiger partial charge in [-0.1, -0.05) is 45.0 Å². The number of phenols is 2. The Morgan fingerprint density at radius 3 is 2.53 bits per heavy atom. The van der Waals surface area contributed by atoms with Gasteiger partial charge in [0.25, 0.3) is 0 Å². The van der Waals surface area contributed by atoms with Gasteiger partial charge >= 0.3 is 0 Å². The number of benzene rings is 2.